The van der Waals surface area contributed by atoms with Gasteiger partial charge >= 0.3 is 0 Å². The maximum absolute atomic E-state index is 12.3. The highest BCUT2D eigenvalue weighted by Gasteiger charge is 2.40. The number of aromatic nitrogens is 2. The van der Waals surface area contributed by atoms with Crippen LogP contribution in [-0.2, 0) is 6.42 Å². The van der Waals surface area contributed by atoms with Crippen LogP contribution in [0.3, 0.4) is 0 Å². The van der Waals surface area contributed by atoms with E-state index in [1.54, 1.807) is 12.4 Å². The van der Waals surface area contributed by atoms with Gasteiger partial charge in [-0.15, -0.1) is 0 Å². The van der Waals surface area contributed by atoms with Crippen molar-refractivity contribution in [3.05, 3.63) is 54.0 Å². The lowest BCUT2D eigenvalue weighted by atomic mass is 10.00. The Balaban J connectivity index is 1.29. The lowest BCUT2D eigenvalue weighted by molar-refractivity contribution is 0.0953. The summed E-state index contributed by atoms with van der Waals surface area (Å²) in [6, 6.07) is 10.4. The number of pyridine rings is 2. The van der Waals surface area contributed by atoms with Gasteiger partial charge in [0.05, 0.1) is 11.7 Å². The zero-order valence-electron chi connectivity index (χ0n) is 15.4. The van der Waals surface area contributed by atoms with E-state index in [2.05, 4.69) is 20.2 Å². The first kappa shape index (κ1) is 17.9. The molecule has 27 heavy (non-hydrogen) atoms. The van der Waals surface area contributed by atoms with Crippen LogP contribution < -0.4 is 10.2 Å². The second-order valence-corrected chi connectivity index (χ2v) is 7.50. The van der Waals surface area contributed by atoms with Crippen LogP contribution in [-0.4, -0.2) is 45.7 Å². The van der Waals surface area contributed by atoms with Crippen molar-refractivity contribution >= 4 is 11.7 Å². The van der Waals surface area contributed by atoms with Gasteiger partial charge in [0.2, 0.25) is 0 Å². The Labute approximate surface area is 159 Å². The fraction of sp³-hybridized carbons (Fsp3) is 0.476. The third-order valence-corrected chi connectivity index (χ3v) is 5.60. The largest absolute Gasteiger partial charge is 0.393 e. The van der Waals surface area contributed by atoms with Gasteiger partial charge in [0.1, 0.15) is 5.82 Å². The average molecular weight is 366 g/mol. The number of aliphatic hydroxyl groups excluding tert-OH is 1. The molecule has 4 rings (SSSR count). The summed E-state index contributed by atoms with van der Waals surface area (Å²) in [7, 11) is 0. The third kappa shape index (κ3) is 4.11. The molecule has 2 aromatic heterocycles. The smallest absolute Gasteiger partial charge is 0.252 e. The van der Waals surface area contributed by atoms with Crippen molar-refractivity contribution in [1.29, 1.82) is 0 Å². The summed E-state index contributed by atoms with van der Waals surface area (Å²) < 4.78 is 0. The molecule has 0 aromatic carbocycles. The van der Waals surface area contributed by atoms with Gasteiger partial charge < -0.3 is 15.3 Å². The molecule has 2 aromatic rings. The molecule has 6 heteroatoms. The average Bonchev–Trinajstić information content (AvgIpc) is 2.97. The second kappa shape index (κ2) is 8.05. The Kier molecular flexibility index (Phi) is 5.34. The topological polar surface area (TPSA) is 78.4 Å². The molecule has 2 bridgehead atoms. The Morgan fingerprint density at radius 1 is 1.15 bits per heavy atom. The summed E-state index contributed by atoms with van der Waals surface area (Å²) in [6.07, 6.45) is 8.83. The zero-order valence-corrected chi connectivity index (χ0v) is 15.4. The predicted molar refractivity (Wildman–Crippen MR) is 104 cm³/mol. The molecule has 1 unspecified atom stereocenters. The molecule has 2 N–H and O–H groups in total. The molecule has 0 radical (unpaired) electrons. The number of rotatable bonds is 6. The minimum Gasteiger partial charge on any atom is -0.393 e. The predicted octanol–water partition coefficient (Wildman–Crippen LogP) is 2.33. The summed E-state index contributed by atoms with van der Waals surface area (Å²) in [6.45, 7) is 0.616. The number of aliphatic hydroxyl groups is 1. The van der Waals surface area contributed by atoms with Crippen molar-refractivity contribution in [3.8, 4) is 0 Å². The van der Waals surface area contributed by atoms with Crippen molar-refractivity contribution in [1.82, 2.24) is 15.3 Å². The molecule has 2 aliphatic heterocycles. The maximum atomic E-state index is 12.3. The molecular formula is C21H26N4O2. The fourth-order valence-electron chi connectivity index (χ4n) is 4.31. The molecule has 2 aliphatic rings. The highest BCUT2D eigenvalue weighted by molar-refractivity contribution is 5.94. The Hall–Kier alpha value is -2.47. The number of carbonyl (C=O) groups excluding carboxylic acids is 1. The molecule has 4 heterocycles. The first-order chi connectivity index (χ1) is 13.2. The molecule has 0 saturated carbocycles. The maximum Gasteiger partial charge on any atom is 0.252 e. The third-order valence-electron chi connectivity index (χ3n) is 5.60. The molecule has 2 saturated heterocycles. The van der Waals surface area contributed by atoms with Crippen molar-refractivity contribution < 1.29 is 9.90 Å². The van der Waals surface area contributed by atoms with Crippen LogP contribution in [0.1, 0.15) is 48.2 Å². The van der Waals surface area contributed by atoms with E-state index in [1.165, 1.54) is 0 Å². The molecule has 1 amide bonds. The van der Waals surface area contributed by atoms with Gasteiger partial charge in [-0.1, -0.05) is 6.07 Å². The SMILES string of the molecule is O=C(NCCCc1ccccn1)c1ccc(N2[C@@H]3CC[C@H]2CC(O)C3)nc1. The molecular weight excluding hydrogens is 340 g/mol. The molecule has 3 atom stereocenters. The van der Waals surface area contributed by atoms with Gasteiger partial charge in [-0.25, -0.2) is 4.98 Å². The number of nitrogens with zero attached hydrogens (tertiary/aromatic N) is 3. The van der Waals surface area contributed by atoms with Gasteiger partial charge in [-0.2, -0.15) is 0 Å². The van der Waals surface area contributed by atoms with Crippen molar-refractivity contribution in [2.45, 2.75) is 56.7 Å². The van der Waals surface area contributed by atoms with Gasteiger partial charge in [-0.05, 0) is 62.8 Å². The van der Waals surface area contributed by atoms with E-state index in [1.807, 2.05) is 30.3 Å². The van der Waals surface area contributed by atoms with Crippen LogP contribution in [0.5, 0.6) is 0 Å². The molecule has 142 valence electrons. The lowest BCUT2D eigenvalue weighted by Crippen LogP contribution is -2.45. The lowest BCUT2D eigenvalue weighted by Gasteiger charge is -2.38. The van der Waals surface area contributed by atoms with E-state index in [0.717, 1.165) is 50.0 Å². The Morgan fingerprint density at radius 2 is 1.96 bits per heavy atom. The number of nitrogens with one attached hydrogen (secondary N) is 1. The highest BCUT2D eigenvalue weighted by atomic mass is 16.3. The Morgan fingerprint density at radius 3 is 2.63 bits per heavy atom. The van der Waals surface area contributed by atoms with Crippen LogP contribution >= 0.6 is 0 Å². The van der Waals surface area contributed by atoms with E-state index in [4.69, 9.17) is 0 Å². The summed E-state index contributed by atoms with van der Waals surface area (Å²) in [5.41, 5.74) is 1.63. The number of anilines is 1. The Bertz CT molecular complexity index is 752. The van der Waals surface area contributed by atoms with Gasteiger partial charge in [0, 0.05) is 36.7 Å². The van der Waals surface area contributed by atoms with E-state index < -0.39 is 0 Å². The fourth-order valence-corrected chi connectivity index (χ4v) is 4.31. The van der Waals surface area contributed by atoms with Crippen molar-refractivity contribution in [2.75, 3.05) is 11.4 Å². The first-order valence-electron chi connectivity index (χ1n) is 9.81. The first-order valence-corrected chi connectivity index (χ1v) is 9.81. The standard InChI is InChI=1S/C21H26N4O2/c26-19-12-17-7-8-18(13-19)25(17)20-9-6-15(14-24-20)21(27)23-11-3-5-16-4-1-2-10-22-16/h1-2,4,6,9-10,14,17-19,26H,3,5,7-8,11-13H2,(H,23,27)/t17-,18+,19?. The van der Waals surface area contributed by atoms with Gasteiger partial charge in [0.25, 0.3) is 5.91 Å². The summed E-state index contributed by atoms with van der Waals surface area (Å²) in [4.78, 5) is 23.5. The quantitative estimate of drug-likeness (QED) is 0.767. The van der Waals surface area contributed by atoms with Crippen LogP contribution in [0.15, 0.2) is 42.7 Å². The van der Waals surface area contributed by atoms with Crippen LogP contribution in [0.2, 0.25) is 0 Å². The normalized spacial score (nSPS) is 24.0. The number of piperidine rings is 1. The van der Waals surface area contributed by atoms with Gasteiger partial charge in [0.15, 0.2) is 0 Å². The monoisotopic (exact) mass is 366 g/mol. The van der Waals surface area contributed by atoms with E-state index in [0.29, 0.717) is 24.2 Å². The minimum absolute atomic E-state index is 0.0906. The number of aryl methyl sites for hydroxylation is 1. The number of hydrogen-bond acceptors (Lipinski definition) is 5. The van der Waals surface area contributed by atoms with Crippen molar-refractivity contribution in [2.24, 2.45) is 0 Å². The van der Waals surface area contributed by atoms with E-state index in [9.17, 15) is 9.90 Å². The number of amides is 1. The number of carbonyl (C=O) groups is 1. The molecule has 0 spiro atoms. The second-order valence-electron chi connectivity index (χ2n) is 7.50. The summed E-state index contributed by atoms with van der Waals surface area (Å²) >= 11 is 0. The highest BCUT2D eigenvalue weighted by Crippen LogP contribution is 2.38. The van der Waals surface area contributed by atoms with Crippen molar-refractivity contribution in [3.63, 3.8) is 0 Å². The van der Waals surface area contributed by atoms with Crippen LogP contribution in [0.25, 0.3) is 0 Å². The summed E-state index contributed by atoms with van der Waals surface area (Å²) in [5, 5.41) is 12.9. The molecule has 6 nitrogen and oxygen atoms in total. The van der Waals surface area contributed by atoms with Crippen LogP contribution in [0.4, 0.5) is 5.82 Å². The van der Waals surface area contributed by atoms with Crippen LogP contribution in [0, 0.1) is 0 Å². The van der Waals surface area contributed by atoms with Gasteiger partial charge in [-0.3, -0.25) is 9.78 Å². The van der Waals surface area contributed by atoms with E-state index >= 15 is 0 Å². The van der Waals surface area contributed by atoms with E-state index in [-0.39, 0.29) is 12.0 Å². The minimum atomic E-state index is -0.185. The molecule has 0 aliphatic carbocycles. The number of hydrogen-bond donors (Lipinski definition) is 2. The number of fused-ring (bicyclic) bond motifs is 2. The zero-order chi connectivity index (χ0) is 18.6. The summed E-state index contributed by atoms with van der Waals surface area (Å²) in [5.74, 6) is 0.827. The molecule has 2 fully saturated rings.